The van der Waals surface area contributed by atoms with Gasteiger partial charge in [0, 0.05) is 32.2 Å². The first-order valence-corrected chi connectivity index (χ1v) is 7.21. The van der Waals surface area contributed by atoms with E-state index in [1.54, 1.807) is 0 Å². The minimum atomic E-state index is -0.938. The molecule has 3 N–H and O–H groups in total. The van der Waals surface area contributed by atoms with Crippen molar-refractivity contribution in [2.75, 3.05) is 53.5 Å². The molecular weight excluding hydrogens is 276 g/mol. The number of piperazine rings is 1. The number of carbonyl (C=O) groups is 2. The average Bonchev–Trinajstić information content (AvgIpc) is 2.88. The van der Waals surface area contributed by atoms with Crippen molar-refractivity contribution in [1.29, 1.82) is 0 Å². The molecule has 0 saturated carbocycles. The van der Waals surface area contributed by atoms with E-state index in [1.807, 2.05) is 7.05 Å². The number of hydrogen-bond acceptors (Lipinski definition) is 5. The van der Waals surface area contributed by atoms with Crippen LogP contribution in [0, 0.1) is 5.92 Å². The molecule has 2 saturated heterocycles. The molecular formula is C13H24N4O4. The van der Waals surface area contributed by atoms with E-state index in [4.69, 9.17) is 9.84 Å². The maximum Gasteiger partial charge on any atom is 0.315 e. The molecule has 0 bridgehead atoms. The fourth-order valence-corrected chi connectivity index (χ4v) is 2.69. The van der Waals surface area contributed by atoms with E-state index < -0.39 is 17.9 Å². The van der Waals surface area contributed by atoms with Crippen molar-refractivity contribution < 1.29 is 19.4 Å². The summed E-state index contributed by atoms with van der Waals surface area (Å²) in [6.07, 6.45) is 0. The first kappa shape index (κ1) is 16.0. The van der Waals surface area contributed by atoms with Crippen LogP contribution in [0.2, 0.25) is 0 Å². The normalized spacial score (nSPS) is 31.0. The number of hydrogen-bond donors (Lipinski definition) is 3. The van der Waals surface area contributed by atoms with Crippen molar-refractivity contribution in [2.24, 2.45) is 5.92 Å². The van der Waals surface area contributed by atoms with Gasteiger partial charge >= 0.3 is 12.0 Å². The van der Waals surface area contributed by atoms with Crippen LogP contribution in [-0.2, 0) is 9.53 Å². The molecule has 0 aromatic carbocycles. The van der Waals surface area contributed by atoms with Crippen molar-refractivity contribution in [2.45, 2.75) is 12.1 Å². The Kier molecular flexibility index (Phi) is 5.38. The fraction of sp³-hybridized carbons (Fsp3) is 0.846. The topological polar surface area (TPSA) is 94.1 Å². The predicted octanol–water partition coefficient (Wildman–Crippen LogP) is -1.37. The largest absolute Gasteiger partial charge is 0.481 e. The van der Waals surface area contributed by atoms with Crippen LogP contribution in [0.15, 0.2) is 0 Å². The number of nitrogens with zero attached hydrogens (tertiary/aromatic N) is 2. The van der Waals surface area contributed by atoms with Gasteiger partial charge in [-0.25, -0.2) is 4.79 Å². The fourth-order valence-electron chi connectivity index (χ4n) is 2.69. The summed E-state index contributed by atoms with van der Waals surface area (Å²) in [7, 11) is 4.11. The van der Waals surface area contributed by atoms with Crippen molar-refractivity contribution in [3.63, 3.8) is 0 Å². The van der Waals surface area contributed by atoms with Gasteiger partial charge in [-0.1, -0.05) is 0 Å². The van der Waals surface area contributed by atoms with Gasteiger partial charge in [0.15, 0.2) is 0 Å². The summed E-state index contributed by atoms with van der Waals surface area (Å²) in [6.45, 7) is 3.84. The summed E-state index contributed by atoms with van der Waals surface area (Å²) in [5.74, 6) is -1.61. The first-order chi connectivity index (χ1) is 9.97. The summed E-state index contributed by atoms with van der Waals surface area (Å²) >= 11 is 0. The van der Waals surface area contributed by atoms with Gasteiger partial charge in [0.05, 0.1) is 19.3 Å². The Bertz CT molecular complexity index is 392. The molecule has 0 radical (unpaired) electrons. The Morgan fingerprint density at radius 3 is 2.76 bits per heavy atom. The first-order valence-electron chi connectivity index (χ1n) is 7.21. The summed E-state index contributed by atoms with van der Waals surface area (Å²) in [4.78, 5) is 27.4. The molecule has 2 aliphatic heterocycles. The van der Waals surface area contributed by atoms with Gasteiger partial charge in [-0.05, 0) is 14.1 Å². The third-order valence-corrected chi connectivity index (χ3v) is 4.19. The van der Waals surface area contributed by atoms with Crippen LogP contribution in [-0.4, -0.2) is 92.5 Å². The lowest BCUT2D eigenvalue weighted by Crippen LogP contribution is -2.56. The van der Waals surface area contributed by atoms with Gasteiger partial charge in [0.1, 0.15) is 5.92 Å². The van der Waals surface area contributed by atoms with E-state index in [0.29, 0.717) is 6.54 Å². The van der Waals surface area contributed by atoms with Gasteiger partial charge in [0.25, 0.3) is 0 Å². The highest BCUT2D eigenvalue weighted by molar-refractivity contribution is 5.77. The lowest BCUT2D eigenvalue weighted by molar-refractivity contribution is -0.142. The zero-order valence-corrected chi connectivity index (χ0v) is 12.5. The second-order valence-electron chi connectivity index (χ2n) is 5.84. The van der Waals surface area contributed by atoms with Crippen LogP contribution in [0.4, 0.5) is 4.79 Å². The summed E-state index contributed by atoms with van der Waals surface area (Å²) in [5, 5.41) is 14.5. The van der Waals surface area contributed by atoms with Crippen LogP contribution in [0.3, 0.4) is 0 Å². The summed E-state index contributed by atoms with van der Waals surface area (Å²) in [6, 6.07) is -0.530. The average molecular weight is 300 g/mol. The molecule has 0 aliphatic carbocycles. The number of amides is 2. The van der Waals surface area contributed by atoms with Crippen LogP contribution >= 0.6 is 0 Å². The number of urea groups is 1. The van der Waals surface area contributed by atoms with Crippen LogP contribution in [0.5, 0.6) is 0 Å². The molecule has 2 heterocycles. The maximum absolute atomic E-state index is 11.9. The molecule has 21 heavy (non-hydrogen) atoms. The van der Waals surface area contributed by atoms with E-state index >= 15 is 0 Å². The predicted molar refractivity (Wildman–Crippen MR) is 76.2 cm³/mol. The van der Waals surface area contributed by atoms with Gasteiger partial charge < -0.3 is 25.4 Å². The Labute approximate surface area is 124 Å². The van der Waals surface area contributed by atoms with Crippen LogP contribution < -0.4 is 10.6 Å². The Morgan fingerprint density at radius 2 is 2.05 bits per heavy atom. The molecule has 120 valence electrons. The quantitative estimate of drug-likeness (QED) is 0.593. The van der Waals surface area contributed by atoms with Gasteiger partial charge in [-0.15, -0.1) is 0 Å². The second kappa shape index (κ2) is 7.06. The van der Waals surface area contributed by atoms with Crippen LogP contribution in [0.25, 0.3) is 0 Å². The molecule has 2 amide bonds. The highest BCUT2D eigenvalue weighted by atomic mass is 16.5. The zero-order valence-electron chi connectivity index (χ0n) is 12.5. The Hall–Kier alpha value is -1.38. The SMILES string of the molecule is CN1CCN(C)C(CNC(=O)NC2COCC2C(=O)O)C1. The van der Waals surface area contributed by atoms with Crippen molar-refractivity contribution in [3.05, 3.63) is 0 Å². The number of nitrogens with one attached hydrogen (secondary N) is 2. The molecule has 3 atom stereocenters. The number of likely N-dealkylation sites (N-methyl/N-ethyl adjacent to an activating group) is 2. The minimum absolute atomic E-state index is 0.149. The van der Waals surface area contributed by atoms with Gasteiger partial charge in [-0.2, -0.15) is 0 Å². The standard InChI is InChI=1S/C13H24N4O4/c1-16-3-4-17(2)9(6-16)5-14-13(20)15-11-8-21-7-10(11)12(18)19/h9-11H,3-8H2,1-2H3,(H,18,19)(H2,14,15,20). The zero-order chi connectivity index (χ0) is 15.4. The number of carboxylic acids is 1. The minimum Gasteiger partial charge on any atom is -0.481 e. The van der Waals surface area contributed by atoms with Gasteiger partial charge in [0.2, 0.25) is 0 Å². The third kappa shape index (κ3) is 4.29. The number of ether oxygens (including phenoxy) is 1. The van der Waals surface area contributed by atoms with Crippen molar-refractivity contribution >= 4 is 12.0 Å². The molecule has 2 aliphatic rings. The smallest absolute Gasteiger partial charge is 0.315 e. The van der Waals surface area contributed by atoms with E-state index in [9.17, 15) is 9.59 Å². The number of carbonyl (C=O) groups excluding carboxylic acids is 1. The highest BCUT2D eigenvalue weighted by Gasteiger charge is 2.35. The maximum atomic E-state index is 11.9. The molecule has 0 aromatic rings. The Morgan fingerprint density at radius 1 is 1.29 bits per heavy atom. The molecule has 2 rings (SSSR count). The Balaban J connectivity index is 1.75. The molecule has 8 nitrogen and oxygen atoms in total. The highest BCUT2D eigenvalue weighted by Crippen LogP contribution is 2.13. The van der Waals surface area contributed by atoms with Crippen molar-refractivity contribution in [1.82, 2.24) is 20.4 Å². The van der Waals surface area contributed by atoms with Crippen molar-refractivity contribution in [3.8, 4) is 0 Å². The summed E-state index contributed by atoms with van der Waals surface area (Å²) < 4.78 is 5.12. The number of carboxylic acid groups (broad SMARTS) is 1. The molecule has 8 heteroatoms. The third-order valence-electron chi connectivity index (χ3n) is 4.19. The molecule has 0 aromatic heterocycles. The van der Waals surface area contributed by atoms with E-state index in [2.05, 4.69) is 27.5 Å². The lowest BCUT2D eigenvalue weighted by atomic mass is 10.0. The van der Waals surface area contributed by atoms with Gasteiger partial charge in [-0.3, -0.25) is 9.69 Å². The summed E-state index contributed by atoms with van der Waals surface area (Å²) in [5.41, 5.74) is 0. The second-order valence-corrected chi connectivity index (χ2v) is 5.84. The molecule has 3 unspecified atom stereocenters. The number of rotatable bonds is 4. The molecule has 2 fully saturated rings. The van der Waals surface area contributed by atoms with E-state index in [0.717, 1.165) is 19.6 Å². The lowest BCUT2D eigenvalue weighted by Gasteiger charge is -2.37. The van der Waals surface area contributed by atoms with E-state index in [1.165, 1.54) is 0 Å². The van der Waals surface area contributed by atoms with E-state index in [-0.39, 0.29) is 25.3 Å². The number of aliphatic carboxylic acids is 1. The molecule has 0 spiro atoms. The van der Waals surface area contributed by atoms with Crippen LogP contribution in [0.1, 0.15) is 0 Å². The monoisotopic (exact) mass is 300 g/mol.